The van der Waals surface area contributed by atoms with Crippen LogP contribution in [0.3, 0.4) is 0 Å². The van der Waals surface area contributed by atoms with Crippen molar-refractivity contribution in [2.24, 2.45) is 0 Å². The van der Waals surface area contributed by atoms with Crippen LogP contribution in [0.5, 0.6) is 5.75 Å². The van der Waals surface area contributed by atoms with Crippen molar-refractivity contribution in [2.75, 3.05) is 13.7 Å². The summed E-state index contributed by atoms with van der Waals surface area (Å²) in [6.07, 6.45) is 4.07. The van der Waals surface area contributed by atoms with Gasteiger partial charge in [-0.1, -0.05) is 18.6 Å². The van der Waals surface area contributed by atoms with Gasteiger partial charge in [0, 0.05) is 6.04 Å². The van der Waals surface area contributed by atoms with Crippen molar-refractivity contribution in [3.05, 3.63) is 29.8 Å². The molecular formula is C14H21NO2. The average molecular weight is 235 g/mol. The third-order valence-corrected chi connectivity index (χ3v) is 3.40. The van der Waals surface area contributed by atoms with E-state index in [9.17, 15) is 5.11 Å². The zero-order valence-electron chi connectivity index (χ0n) is 10.4. The highest BCUT2D eigenvalue weighted by Gasteiger charge is 2.18. The number of methoxy groups -OCH3 is 1. The van der Waals surface area contributed by atoms with E-state index >= 15 is 0 Å². The topological polar surface area (TPSA) is 41.5 Å². The van der Waals surface area contributed by atoms with Gasteiger partial charge in [0.15, 0.2) is 0 Å². The predicted molar refractivity (Wildman–Crippen MR) is 68.2 cm³/mol. The van der Waals surface area contributed by atoms with Crippen molar-refractivity contribution < 1.29 is 9.84 Å². The largest absolute Gasteiger partial charge is 0.497 e. The number of hydrogen-bond acceptors (Lipinski definition) is 3. The molecule has 94 valence electrons. The van der Waals surface area contributed by atoms with E-state index in [0.717, 1.165) is 24.3 Å². The van der Waals surface area contributed by atoms with Gasteiger partial charge in [-0.2, -0.15) is 0 Å². The van der Waals surface area contributed by atoms with E-state index in [4.69, 9.17) is 4.74 Å². The summed E-state index contributed by atoms with van der Waals surface area (Å²) in [4.78, 5) is 0. The van der Waals surface area contributed by atoms with Gasteiger partial charge < -0.3 is 15.2 Å². The smallest absolute Gasteiger partial charge is 0.119 e. The molecule has 0 amide bonds. The molecule has 2 atom stereocenters. The van der Waals surface area contributed by atoms with E-state index < -0.39 is 6.10 Å². The Balaban J connectivity index is 1.95. The molecule has 17 heavy (non-hydrogen) atoms. The van der Waals surface area contributed by atoms with Crippen LogP contribution in [0, 0.1) is 0 Å². The Morgan fingerprint density at radius 3 is 3.06 bits per heavy atom. The van der Waals surface area contributed by atoms with Crippen LogP contribution >= 0.6 is 0 Å². The third kappa shape index (κ3) is 3.45. The van der Waals surface area contributed by atoms with Gasteiger partial charge in [0.05, 0.1) is 13.2 Å². The minimum Gasteiger partial charge on any atom is -0.497 e. The lowest BCUT2D eigenvalue weighted by Gasteiger charge is -2.25. The van der Waals surface area contributed by atoms with E-state index in [2.05, 4.69) is 5.32 Å². The van der Waals surface area contributed by atoms with Crippen LogP contribution in [0.25, 0.3) is 0 Å². The molecule has 3 heteroatoms. The summed E-state index contributed by atoms with van der Waals surface area (Å²) in [5.74, 6) is 0.804. The Hall–Kier alpha value is -1.06. The van der Waals surface area contributed by atoms with E-state index in [1.165, 1.54) is 19.3 Å². The summed E-state index contributed by atoms with van der Waals surface area (Å²) >= 11 is 0. The van der Waals surface area contributed by atoms with Gasteiger partial charge in [0.2, 0.25) is 0 Å². The van der Waals surface area contributed by atoms with E-state index in [1.54, 1.807) is 7.11 Å². The maximum absolute atomic E-state index is 10.2. The molecule has 0 aliphatic carbocycles. The van der Waals surface area contributed by atoms with Crippen molar-refractivity contribution in [3.8, 4) is 5.75 Å². The lowest BCUT2D eigenvalue weighted by Crippen LogP contribution is -2.35. The van der Waals surface area contributed by atoms with Crippen LogP contribution in [0.1, 0.15) is 37.4 Å². The van der Waals surface area contributed by atoms with Crippen molar-refractivity contribution in [3.63, 3.8) is 0 Å². The van der Waals surface area contributed by atoms with Gasteiger partial charge in [-0.3, -0.25) is 0 Å². The van der Waals surface area contributed by atoms with Crippen LogP contribution < -0.4 is 10.1 Å². The van der Waals surface area contributed by atoms with Gasteiger partial charge in [-0.05, 0) is 43.5 Å². The number of aliphatic hydroxyl groups is 1. The predicted octanol–water partition coefficient (Wildman–Crippen LogP) is 2.26. The lowest BCUT2D eigenvalue weighted by atomic mass is 9.96. The van der Waals surface area contributed by atoms with Gasteiger partial charge in [0.1, 0.15) is 5.75 Å². The number of aliphatic hydroxyl groups excluding tert-OH is 1. The quantitative estimate of drug-likeness (QED) is 0.841. The molecule has 1 fully saturated rings. The Morgan fingerprint density at radius 1 is 1.47 bits per heavy atom. The normalized spacial score (nSPS) is 22.1. The zero-order valence-corrected chi connectivity index (χ0v) is 10.4. The Kier molecular flexibility index (Phi) is 4.40. The van der Waals surface area contributed by atoms with Crippen LogP contribution in [-0.2, 0) is 0 Å². The minimum absolute atomic E-state index is 0.402. The zero-order chi connectivity index (χ0) is 12.1. The van der Waals surface area contributed by atoms with Crippen molar-refractivity contribution in [1.29, 1.82) is 0 Å². The van der Waals surface area contributed by atoms with Gasteiger partial charge in [0.25, 0.3) is 0 Å². The molecule has 0 aromatic heterocycles. The highest BCUT2D eigenvalue weighted by atomic mass is 16.5. The molecule has 0 radical (unpaired) electrons. The molecule has 1 aromatic carbocycles. The molecule has 0 saturated carbocycles. The summed E-state index contributed by atoms with van der Waals surface area (Å²) in [5, 5.41) is 13.7. The first kappa shape index (κ1) is 12.4. The van der Waals surface area contributed by atoms with E-state index in [1.807, 2.05) is 24.3 Å². The van der Waals surface area contributed by atoms with Crippen molar-refractivity contribution in [1.82, 2.24) is 5.32 Å². The molecule has 2 N–H and O–H groups in total. The summed E-state index contributed by atoms with van der Waals surface area (Å²) in [7, 11) is 1.65. The molecule has 1 saturated heterocycles. The molecule has 1 heterocycles. The van der Waals surface area contributed by atoms with E-state index in [-0.39, 0.29) is 0 Å². The SMILES string of the molecule is COc1cccc(C(O)CC2CCCCN2)c1. The average Bonchev–Trinajstić information content (AvgIpc) is 2.40. The fraction of sp³-hybridized carbons (Fsp3) is 0.571. The number of piperidine rings is 1. The first-order valence-corrected chi connectivity index (χ1v) is 6.35. The summed E-state index contributed by atoms with van der Waals surface area (Å²) in [5.41, 5.74) is 0.941. The lowest BCUT2D eigenvalue weighted by molar-refractivity contribution is 0.144. The molecule has 0 bridgehead atoms. The molecule has 2 unspecified atom stereocenters. The van der Waals surface area contributed by atoms with Crippen LogP contribution in [0.2, 0.25) is 0 Å². The number of benzene rings is 1. The highest BCUT2D eigenvalue weighted by Crippen LogP contribution is 2.24. The molecule has 1 aliphatic heterocycles. The first-order chi connectivity index (χ1) is 8.29. The molecule has 2 rings (SSSR count). The molecule has 0 spiro atoms. The molecular weight excluding hydrogens is 214 g/mol. The second kappa shape index (κ2) is 6.03. The molecule has 3 nitrogen and oxygen atoms in total. The first-order valence-electron chi connectivity index (χ1n) is 6.35. The van der Waals surface area contributed by atoms with Crippen LogP contribution in [0.15, 0.2) is 24.3 Å². The minimum atomic E-state index is -0.402. The number of ether oxygens (including phenoxy) is 1. The maximum Gasteiger partial charge on any atom is 0.119 e. The van der Waals surface area contributed by atoms with Crippen LogP contribution in [-0.4, -0.2) is 24.8 Å². The summed E-state index contributed by atoms with van der Waals surface area (Å²) in [6, 6.07) is 8.13. The number of nitrogens with one attached hydrogen (secondary N) is 1. The molecule has 1 aliphatic rings. The summed E-state index contributed by atoms with van der Waals surface area (Å²) < 4.78 is 5.17. The monoisotopic (exact) mass is 235 g/mol. The number of rotatable bonds is 4. The van der Waals surface area contributed by atoms with Gasteiger partial charge in [-0.25, -0.2) is 0 Å². The van der Waals surface area contributed by atoms with E-state index in [0.29, 0.717) is 6.04 Å². The second-order valence-electron chi connectivity index (χ2n) is 4.67. The highest BCUT2D eigenvalue weighted by molar-refractivity contribution is 5.29. The summed E-state index contributed by atoms with van der Waals surface area (Å²) in [6.45, 7) is 1.08. The second-order valence-corrected chi connectivity index (χ2v) is 4.67. The Morgan fingerprint density at radius 2 is 2.35 bits per heavy atom. The third-order valence-electron chi connectivity index (χ3n) is 3.40. The Bertz CT molecular complexity index is 348. The van der Waals surface area contributed by atoms with Gasteiger partial charge >= 0.3 is 0 Å². The van der Waals surface area contributed by atoms with Crippen LogP contribution in [0.4, 0.5) is 0 Å². The standard InChI is InChI=1S/C14H21NO2/c1-17-13-7-4-5-11(9-13)14(16)10-12-6-2-3-8-15-12/h4-5,7,9,12,14-16H,2-3,6,8,10H2,1H3. The molecule has 1 aromatic rings. The van der Waals surface area contributed by atoms with Crippen molar-refractivity contribution in [2.45, 2.75) is 37.8 Å². The fourth-order valence-corrected chi connectivity index (χ4v) is 2.38. The Labute approximate surface area is 103 Å². The van der Waals surface area contributed by atoms with Gasteiger partial charge in [-0.15, -0.1) is 0 Å². The van der Waals surface area contributed by atoms with Crippen molar-refractivity contribution >= 4 is 0 Å². The fourth-order valence-electron chi connectivity index (χ4n) is 2.38. The number of hydrogen-bond donors (Lipinski definition) is 2. The maximum atomic E-state index is 10.2.